The highest BCUT2D eigenvalue weighted by molar-refractivity contribution is 6.00. The van der Waals surface area contributed by atoms with Crippen LogP contribution in [0, 0.1) is 5.92 Å². The number of carbonyl (C=O) groups is 2. The number of ketones is 1. The number of hydrogen-bond acceptors (Lipinski definition) is 3. The fourth-order valence-corrected chi connectivity index (χ4v) is 4.32. The van der Waals surface area contributed by atoms with Crippen LogP contribution in [0.25, 0.3) is 22.2 Å². The fourth-order valence-electron chi connectivity index (χ4n) is 4.32. The van der Waals surface area contributed by atoms with Crippen LogP contribution in [0.4, 0.5) is 0 Å². The van der Waals surface area contributed by atoms with E-state index in [0.717, 1.165) is 35.0 Å². The molecular weight excluding hydrogens is 386 g/mol. The van der Waals surface area contributed by atoms with Gasteiger partial charge in [0.1, 0.15) is 0 Å². The van der Waals surface area contributed by atoms with Gasteiger partial charge in [0.05, 0.1) is 17.4 Å². The van der Waals surface area contributed by atoms with Gasteiger partial charge >= 0.3 is 0 Å². The standard InChI is InChI=1S/C26H23N3O2/c30-25(20-10-8-19(9-11-20)18-5-2-1-3-6-18)22-7-4-14-29(16-22)26(31)21-12-13-23-24(15-21)28-17-27-23/h1-3,5-6,8-13,15,17,22H,4,7,14,16H2,(H,27,28). The number of nitrogens with one attached hydrogen (secondary N) is 1. The number of amides is 1. The van der Waals surface area contributed by atoms with Gasteiger partial charge in [-0.2, -0.15) is 0 Å². The minimum absolute atomic E-state index is 0.0339. The third-order valence-corrected chi connectivity index (χ3v) is 6.02. The number of rotatable bonds is 4. The minimum atomic E-state index is -0.170. The summed E-state index contributed by atoms with van der Waals surface area (Å²) in [5.74, 6) is -0.0919. The summed E-state index contributed by atoms with van der Waals surface area (Å²) >= 11 is 0. The second-order valence-electron chi connectivity index (χ2n) is 8.03. The quantitative estimate of drug-likeness (QED) is 0.484. The molecule has 4 aromatic rings. The Morgan fingerprint density at radius 2 is 1.65 bits per heavy atom. The molecule has 0 aliphatic carbocycles. The van der Waals surface area contributed by atoms with Gasteiger partial charge in [0.25, 0.3) is 5.91 Å². The lowest BCUT2D eigenvalue weighted by molar-refractivity contribution is 0.0637. The number of piperidine rings is 1. The van der Waals surface area contributed by atoms with Crippen molar-refractivity contribution in [2.24, 2.45) is 5.92 Å². The first-order valence-electron chi connectivity index (χ1n) is 10.6. The number of carbonyl (C=O) groups excluding carboxylic acids is 2. The summed E-state index contributed by atoms with van der Waals surface area (Å²) in [5, 5.41) is 0. The predicted molar refractivity (Wildman–Crippen MR) is 121 cm³/mol. The van der Waals surface area contributed by atoms with E-state index < -0.39 is 0 Å². The molecule has 0 saturated carbocycles. The van der Waals surface area contributed by atoms with Crippen LogP contribution in [0.5, 0.6) is 0 Å². The number of Topliss-reactive ketones (excluding diaryl/α,β-unsaturated/α-hetero) is 1. The molecule has 1 aromatic heterocycles. The van der Waals surface area contributed by atoms with Gasteiger partial charge in [-0.3, -0.25) is 9.59 Å². The summed E-state index contributed by atoms with van der Waals surface area (Å²) in [6.45, 7) is 1.13. The Hall–Kier alpha value is -3.73. The summed E-state index contributed by atoms with van der Waals surface area (Å²) in [5.41, 5.74) is 5.23. The third kappa shape index (κ3) is 3.87. The number of H-pyrrole nitrogens is 1. The molecule has 1 unspecified atom stereocenters. The Balaban J connectivity index is 1.30. The zero-order valence-electron chi connectivity index (χ0n) is 17.1. The third-order valence-electron chi connectivity index (χ3n) is 6.02. The molecule has 1 amide bonds. The molecule has 0 radical (unpaired) electrons. The van der Waals surface area contributed by atoms with Gasteiger partial charge in [-0.1, -0.05) is 54.6 Å². The Kier molecular flexibility index (Phi) is 5.08. The molecule has 0 spiro atoms. The Morgan fingerprint density at radius 3 is 2.45 bits per heavy atom. The molecule has 1 aliphatic heterocycles. The summed E-state index contributed by atoms with van der Waals surface area (Å²) in [7, 11) is 0. The molecular formula is C26H23N3O2. The van der Waals surface area contributed by atoms with Crippen molar-refractivity contribution in [1.82, 2.24) is 14.9 Å². The van der Waals surface area contributed by atoms with Crippen molar-refractivity contribution in [2.45, 2.75) is 12.8 Å². The van der Waals surface area contributed by atoms with E-state index in [1.807, 2.05) is 59.5 Å². The Morgan fingerprint density at radius 1 is 0.903 bits per heavy atom. The van der Waals surface area contributed by atoms with Crippen molar-refractivity contribution in [1.29, 1.82) is 0 Å². The molecule has 1 fully saturated rings. The van der Waals surface area contributed by atoms with E-state index in [4.69, 9.17) is 0 Å². The molecule has 5 nitrogen and oxygen atoms in total. The highest BCUT2D eigenvalue weighted by atomic mass is 16.2. The van der Waals surface area contributed by atoms with E-state index in [1.165, 1.54) is 0 Å². The van der Waals surface area contributed by atoms with Gasteiger partial charge in [0.15, 0.2) is 5.78 Å². The lowest BCUT2D eigenvalue weighted by Gasteiger charge is -2.32. The lowest BCUT2D eigenvalue weighted by Crippen LogP contribution is -2.42. The maximum Gasteiger partial charge on any atom is 0.253 e. The van der Waals surface area contributed by atoms with Crippen molar-refractivity contribution in [2.75, 3.05) is 13.1 Å². The van der Waals surface area contributed by atoms with Crippen molar-refractivity contribution in [3.63, 3.8) is 0 Å². The van der Waals surface area contributed by atoms with Gasteiger partial charge in [0.2, 0.25) is 0 Å². The monoisotopic (exact) mass is 409 g/mol. The number of likely N-dealkylation sites (tertiary alicyclic amines) is 1. The maximum absolute atomic E-state index is 13.1. The van der Waals surface area contributed by atoms with E-state index in [-0.39, 0.29) is 17.6 Å². The number of nitrogens with zero attached hydrogens (tertiary/aromatic N) is 2. The zero-order chi connectivity index (χ0) is 21.2. The van der Waals surface area contributed by atoms with Crippen LogP contribution in [-0.2, 0) is 0 Å². The van der Waals surface area contributed by atoms with Crippen molar-refractivity contribution >= 4 is 22.7 Å². The van der Waals surface area contributed by atoms with E-state index in [2.05, 4.69) is 22.1 Å². The smallest absolute Gasteiger partial charge is 0.253 e. The normalized spacial score (nSPS) is 16.4. The van der Waals surface area contributed by atoms with Crippen LogP contribution >= 0.6 is 0 Å². The van der Waals surface area contributed by atoms with E-state index >= 15 is 0 Å². The van der Waals surface area contributed by atoms with Crippen LogP contribution in [0.3, 0.4) is 0 Å². The number of aromatic nitrogens is 2. The van der Waals surface area contributed by atoms with Gasteiger partial charge < -0.3 is 9.88 Å². The number of aromatic amines is 1. The summed E-state index contributed by atoms with van der Waals surface area (Å²) < 4.78 is 0. The molecule has 1 atom stereocenters. The Labute approximate surface area is 180 Å². The van der Waals surface area contributed by atoms with Crippen LogP contribution in [0.15, 0.2) is 79.1 Å². The highest BCUT2D eigenvalue weighted by Gasteiger charge is 2.29. The SMILES string of the molecule is O=C(c1ccc(-c2ccccc2)cc1)C1CCCN(C(=O)c2ccc3nc[nH]c3c2)C1. The first-order chi connectivity index (χ1) is 15.2. The van der Waals surface area contributed by atoms with Gasteiger partial charge in [0, 0.05) is 30.1 Å². The van der Waals surface area contributed by atoms with Gasteiger partial charge in [-0.05, 0) is 42.2 Å². The van der Waals surface area contributed by atoms with Crippen LogP contribution < -0.4 is 0 Å². The molecule has 1 saturated heterocycles. The van der Waals surface area contributed by atoms with Crippen LogP contribution in [0.2, 0.25) is 0 Å². The van der Waals surface area contributed by atoms with Crippen LogP contribution in [-0.4, -0.2) is 39.6 Å². The maximum atomic E-state index is 13.1. The summed E-state index contributed by atoms with van der Waals surface area (Å²) in [6.07, 6.45) is 3.26. The minimum Gasteiger partial charge on any atom is -0.345 e. The fraction of sp³-hybridized carbons (Fsp3) is 0.192. The molecule has 1 N–H and O–H groups in total. The van der Waals surface area contributed by atoms with Gasteiger partial charge in [-0.15, -0.1) is 0 Å². The predicted octanol–water partition coefficient (Wildman–Crippen LogP) is 4.97. The highest BCUT2D eigenvalue weighted by Crippen LogP contribution is 2.25. The number of benzene rings is 3. The molecule has 31 heavy (non-hydrogen) atoms. The van der Waals surface area contributed by atoms with Crippen LogP contribution in [0.1, 0.15) is 33.6 Å². The summed E-state index contributed by atoms with van der Waals surface area (Å²) in [6, 6.07) is 23.4. The topological polar surface area (TPSA) is 66.1 Å². The molecule has 154 valence electrons. The van der Waals surface area contributed by atoms with Gasteiger partial charge in [-0.25, -0.2) is 4.98 Å². The van der Waals surface area contributed by atoms with E-state index in [0.29, 0.717) is 24.2 Å². The number of fused-ring (bicyclic) bond motifs is 1. The molecule has 5 heteroatoms. The molecule has 2 heterocycles. The first kappa shape index (κ1) is 19.2. The average Bonchev–Trinajstić information content (AvgIpc) is 3.32. The second kappa shape index (κ2) is 8.19. The second-order valence-corrected chi connectivity index (χ2v) is 8.03. The van der Waals surface area contributed by atoms with E-state index in [1.54, 1.807) is 12.4 Å². The largest absolute Gasteiger partial charge is 0.345 e. The van der Waals surface area contributed by atoms with E-state index in [9.17, 15) is 9.59 Å². The lowest BCUT2D eigenvalue weighted by atomic mass is 9.89. The summed E-state index contributed by atoms with van der Waals surface area (Å²) in [4.78, 5) is 35.2. The number of imidazole rings is 1. The van der Waals surface area contributed by atoms with Crippen molar-refractivity contribution in [3.05, 3.63) is 90.3 Å². The number of hydrogen-bond donors (Lipinski definition) is 1. The molecule has 0 bridgehead atoms. The van der Waals surface area contributed by atoms with Crippen molar-refractivity contribution < 1.29 is 9.59 Å². The first-order valence-corrected chi connectivity index (χ1v) is 10.6. The molecule has 5 rings (SSSR count). The Bertz CT molecular complexity index is 1230. The molecule has 3 aromatic carbocycles. The van der Waals surface area contributed by atoms with Crippen molar-refractivity contribution in [3.8, 4) is 11.1 Å². The average molecular weight is 409 g/mol. The molecule has 1 aliphatic rings. The zero-order valence-corrected chi connectivity index (χ0v) is 17.1.